The molecule has 5 heteroatoms. The molecule has 0 bridgehead atoms. The van der Waals surface area contributed by atoms with Gasteiger partial charge in [0.25, 0.3) is 0 Å². The molecule has 0 saturated carbocycles. The SMILES string of the molecule is Cc1cccc(N2CCN(C(=O)CN3CCCC3c3cccs3)CC2)c1. The lowest BCUT2D eigenvalue weighted by Gasteiger charge is -2.37. The van der Waals surface area contributed by atoms with Crippen LogP contribution >= 0.6 is 11.3 Å². The number of anilines is 1. The molecule has 1 aromatic carbocycles. The first-order chi connectivity index (χ1) is 12.7. The average Bonchev–Trinajstić information content (AvgIpc) is 3.33. The van der Waals surface area contributed by atoms with Crippen LogP contribution in [-0.4, -0.2) is 55.0 Å². The Hall–Kier alpha value is -1.85. The maximum absolute atomic E-state index is 12.8. The molecule has 1 amide bonds. The van der Waals surface area contributed by atoms with E-state index in [1.807, 2.05) is 11.3 Å². The standard InChI is InChI=1S/C21H27N3OS/c1-17-5-2-6-18(15-17)22-10-12-23(13-11-22)21(25)16-24-9-3-7-19(24)20-8-4-14-26-20/h2,4-6,8,14-15,19H,3,7,9-13,16H2,1H3. The minimum absolute atomic E-state index is 0.289. The molecule has 0 spiro atoms. The summed E-state index contributed by atoms with van der Waals surface area (Å²) in [4.78, 5) is 21.1. The van der Waals surface area contributed by atoms with Crippen molar-refractivity contribution in [2.45, 2.75) is 25.8 Å². The van der Waals surface area contributed by atoms with Crippen molar-refractivity contribution in [1.29, 1.82) is 0 Å². The lowest BCUT2D eigenvalue weighted by atomic mass is 10.2. The highest BCUT2D eigenvalue weighted by atomic mass is 32.1. The number of rotatable bonds is 4. The summed E-state index contributed by atoms with van der Waals surface area (Å²) < 4.78 is 0. The van der Waals surface area contributed by atoms with Gasteiger partial charge in [0, 0.05) is 42.8 Å². The highest BCUT2D eigenvalue weighted by Gasteiger charge is 2.30. The van der Waals surface area contributed by atoms with Crippen LogP contribution in [0.2, 0.25) is 0 Å². The van der Waals surface area contributed by atoms with Gasteiger partial charge in [-0.1, -0.05) is 18.2 Å². The molecule has 1 atom stereocenters. The number of nitrogens with zero attached hydrogens (tertiary/aromatic N) is 3. The Morgan fingerprint density at radius 2 is 1.96 bits per heavy atom. The normalized spacial score (nSPS) is 21.3. The smallest absolute Gasteiger partial charge is 0.236 e. The maximum atomic E-state index is 12.8. The summed E-state index contributed by atoms with van der Waals surface area (Å²) >= 11 is 1.81. The topological polar surface area (TPSA) is 26.8 Å². The van der Waals surface area contributed by atoms with Gasteiger partial charge in [-0.05, 0) is 55.5 Å². The van der Waals surface area contributed by atoms with Crippen LogP contribution in [0.5, 0.6) is 0 Å². The van der Waals surface area contributed by atoms with Gasteiger partial charge in [0.2, 0.25) is 5.91 Å². The van der Waals surface area contributed by atoms with Crippen molar-refractivity contribution in [3.8, 4) is 0 Å². The Kier molecular flexibility index (Phi) is 5.27. The summed E-state index contributed by atoms with van der Waals surface area (Å²) in [5.74, 6) is 0.289. The van der Waals surface area contributed by atoms with Gasteiger partial charge in [-0.15, -0.1) is 11.3 Å². The van der Waals surface area contributed by atoms with Gasteiger partial charge in [-0.3, -0.25) is 9.69 Å². The van der Waals surface area contributed by atoms with E-state index in [0.29, 0.717) is 12.6 Å². The predicted molar refractivity (Wildman–Crippen MR) is 108 cm³/mol. The Bertz CT molecular complexity index is 737. The van der Waals surface area contributed by atoms with E-state index in [-0.39, 0.29) is 5.91 Å². The first-order valence-electron chi connectivity index (χ1n) is 9.57. The van der Waals surface area contributed by atoms with Crippen LogP contribution in [0.1, 0.15) is 29.3 Å². The second-order valence-corrected chi connectivity index (χ2v) is 8.33. The number of amides is 1. The van der Waals surface area contributed by atoms with Crippen LogP contribution in [-0.2, 0) is 4.79 Å². The molecule has 3 heterocycles. The number of likely N-dealkylation sites (tertiary alicyclic amines) is 1. The Labute approximate surface area is 160 Å². The zero-order chi connectivity index (χ0) is 17.9. The molecule has 2 saturated heterocycles. The van der Waals surface area contributed by atoms with Gasteiger partial charge in [-0.2, -0.15) is 0 Å². The second-order valence-electron chi connectivity index (χ2n) is 7.35. The number of hydrogen-bond donors (Lipinski definition) is 0. The molecule has 0 radical (unpaired) electrons. The molecule has 0 N–H and O–H groups in total. The van der Waals surface area contributed by atoms with Crippen molar-refractivity contribution in [2.24, 2.45) is 0 Å². The van der Waals surface area contributed by atoms with Crippen molar-refractivity contribution < 1.29 is 4.79 Å². The van der Waals surface area contributed by atoms with Gasteiger partial charge < -0.3 is 9.80 Å². The number of piperazine rings is 1. The average molecular weight is 370 g/mol. The summed E-state index contributed by atoms with van der Waals surface area (Å²) in [5.41, 5.74) is 2.56. The molecular formula is C21H27N3OS. The van der Waals surface area contributed by atoms with Gasteiger partial charge in [0.1, 0.15) is 0 Å². The molecule has 26 heavy (non-hydrogen) atoms. The molecule has 2 fully saturated rings. The first kappa shape index (κ1) is 17.6. The summed E-state index contributed by atoms with van der Waals surface area (Å²) in [5, 5.41) is 2.14. The Balaban J connectivity index is 1.32. The van der Waals surface area contributed by atoms with E-state index >= 15 is 0 Å². The number of thiophene rings is 1. The van der Waals surface area contributed by atoms with Crippen molar-refractivity contribution >= 4 is 22.9 Å². The number of aryl methyl sites for hydroxylation is 1. The zero-order valence-corrected chi connectivity index (χ0v) is 16.3. The number of benzene rings is 1. The molecule has 2 aliphatic heterocycles. The van der Waals surface area contributed by atoms with Crippen molar-refractivity contribution in [3.63, 3.8) is 0 Å². The van der Waals surface area contributed by atoms with Crippen LogP contribution in [0.4, 0.5) is 5.69 Å². The van der Waals surface area contributed by atoms with Crippen LogP contribution in [0, 0.1) is 6.92 Å². The van der Waals surface area contributed by atoms with E-state index < -0.39 is 0 Å². The van der Waals surface area contributed by atoms with Crippen LogP contribution in [0.3, 0.4) is 0 Å². The van der Waals surface area contributed by atoms with Gasteiger partial charge in [0.15, 0.2) is 0 Å². The lowest BCUT2D eigenvalue weighted by molar-refractivity contribution is -0.133. The molecule has 0 aliphatic carbocycles. The third-order valence-corrected chi connectivity index (χ3v) is 6.55. The number of hydrogen-bond acceptors (Lipinski definition) is 4. The van der Waals surface area contributed by atoms with E-state index in [1.165, 1.54) is 29.0 Å². The zero-order valence-electron chi connectivity index (χ0n) is 15.4. The fourth-order valence-electron chi connectivity index (χ4n) is 4.13. The molecule has 1 aromatic heterocycles. The third kappa shape index (κ3) is 3.79. The molecule has 4 nitrogen and oxygen atoms in total. The largest absolute Gasteiger partial charge is 0.368 e. The summed E-state index contributed by atoms with van der Waals surface area (Å²) in [6.07, 6.45) is 2.37. The van der Waals surface area contributed by atoms with Crippen molar-refractivity contribution in [3.05, 3.63) is 52.2 Å². The van der Waals surface area contributed by atoms with Gasteiger partial charge in [0.05, 0.1) is 6.54 Å². The molecule has 2 aliphatic rings. The first-order valence-corrected chi connectivity index (χ1v) is 10.5. The van der Waals surface area contributed by atoms with E-state index in [0.717, 1.165) is 32.7 Å². The van der Waals surface area contributed by atoms with Crippen molar-refractivity contribution in [2.75, 3.05) is 44.2 Å². The number of carbonyl (C=O) groups is 1. The maximum Gasteiger partial charge on any atom is 0.236 e. The second kappa shape index (κ2) is 7.80. The lowest BCUT2D eigenvalue weighted by Crippen LogP contribution is -2.51. The quantitative estimate of drug-likeness (QED) is 0.825. The summed E-state index contributed by atoms with van der Waals surface area (Å²) in [6.45, 7) is 7.22. The Morgan fingerprint density at radius 1 is 1.12 bits per heavy atom. The van der Waals surface area contributed by atoms with Crippen LogP contribution in [0.25, 0.3) is 0 Å². The summed E-state index contributed by atoms with van der Waals surface area (Å²) in [7, 11) is 0. The monoisotopic (exact) mass is 369 g/mol. The van der Waals surface area contributed by atoms with Gasteiger partial charge in [-0.25, -0.2) is 0 Å². The Morgan fingerprint density at radius 3 is 2.69 bits per heavy atom. The molecule has 4 rings (SSSR count). The van der Waals surface area contributed by atoms with Crippen LogP contribution < -0.4 is 4.90 Å². The fourth-order valence-corrected chi connectivity index (χ4v) is 5.03. The molecule has 2 aromatic rings. The van der Waals surface area contributed by atoms with Crippen molar-refractivity contribution in [1.82, 2.24) is 9.80 Å². The highest BCUT2D eigenvalue weighted by Crippen LogP contribution is 2.34. The minimum Gasteiger partial charge on any atom is -0.368 e. The van der Waals surface area contributed by atoms with Crippen LogP contribution in [0.15, 0.2) is 41.8 Å². The van der Waals surface area contributed by atoms with Gasteiger partial charge >= 0.3 is 0 Å². The van der Waals surface area contributed by atoms with E-state index in [9.17, 15) is 4.79 Å². The number of carbonyl (C=O) groups excluding carboxylic acids is 1. The van der Waals surface area contributed by atoms with E-state index in [2.05, 4.69) is 63.4 Å². The summed E-state index contributed by atoms with van der Waals surface area (Å²) in [6, 6.07) is 13.4. The van der Waals surface area contributed by atoms with E-state index in [4.69, 9.17) is 0 Å². The predicted octanol–water partition coefficient (Wildman–Crippen LogP) is 3.54. The molecular weight excluding hydrogens is 342 g/mol. The van der Waals surface area contributed by atoms with E-state index in [1.54, 1.807) is 0 Å². The minimum atomic E-state index is 0.289. The third-order valence-electron chi connectivity index (χ3n) is 5.57. The molecule has 1 unspecified atom stereocenters. The fraction of sp³-hybridized carbons (Fsp3) is 0.476. The highest BCUT2D eigenvalue weighted by molar-refractivity contribution is 7.10. The molecule has 138 valence electrons.